The van der Waals surface area contributed by atoms with E-state index in [4.69, 9.17) is 4.74 Å². The fourth-order valence-electron chi connectivity index (χ4n) is 2.47. The van der Waals surface area contributed by atoms with Crippen LogP contribution in [0.15, 0.2) is 28.7 Å². The quantitative estimate of drug-likeness (QED) is 0.922. The third kappa shape index (κ3) is 3.57. The summed E-state index contributed by atoms with van der Waals surface area (Å²) in [7, 11) is 0. The number of aliphatic hydroxyl groups is 1. The molecule has 19 heavy (non-hydrogen) atoms. The third-order valence-electron chi connectivity index (χ3n) is 4.01. The average Bonchev–Trinajstić information content (AvgIpc) is 2.42. The average molecular weight is 328 g/mol. The van der Waals surface area contributed by atoms with Gasteiger partial charge in [0, 0.05) is 29.5 Å². The van der Waals surface area contributed by atoms with Crippen molar-refractivity contribution < 1.29 is 9.84 Å². The highest BCUT2D eigenvalue weighted by Crippen LogP contribution is 2.25. The summed E-state index contributed by atoms with van der Waals surface area (Å²) in [6, 6.07) is 8.08. The van der Waals surface area contributed by atoms with Crippen LogP contribution in [0.5, 0.6) is 0 Å². The van der Waals surface area contributed by atoms with Crippen LogP contribution in [0.1, 0.15) is 19.4 Å². The van der Waals surface area contributed by atoms with Gasteiger partial charge in [0.15, 0.2) is 0 Å². The number of benzene rings is 1. The van der Waals surface area contributed by atoms with E-state index >= 15 is 0 Å². The minimum absolute atomic E-state index is 0.237. The van der Waals surface area contributed by atoms with Crippen LogP contribution in [-0.4, -0.2) is 48.0 Å². The van der Waals surface area contributed by atoms with Gasteiger partial charge in [-0.05, 0) is 25.5 Å². The maximum absolute atomic E-state index is 10.6. The normalized spacial score (nSPS) is 19.4. The van der Waals surface area contributed by atoms with E-state index in [-0.39, 0.29) is 5.54 Å². The summed E-state index contributed by atoms with van der Waals surface area (Å²) in [6.45, 7) is 7.51. The zero-order chi connectivity index (χ0) is 13.9. The summed E-state index contributed by atoms with van der Waals surface area (Å²) >= 11 is 3.54. The molecule has 3 nitrogen and oxygen atoms in total. The van der Waals surface area contributed by atoms with E-state index in [1.807, 2.05) is 18.2 Å². The standard InChI is InChI=1S/C15H22BrNO2/c1-15(2,17-7-9-19-10-8-17)14(18)11-12-5-3-4-6-13(12)16/h3-6,14,18H,7-11H2,1-2H3. The Hall–Kier alpha value is -0.420. The first kappa shape index (κ1) is 15.0. The molecule has 1 saturated heterocycles. The summed E-state index contributed by atoms with van der Waals surface area (Å²) < 4.78 is 6.44. The molecular weight excluding hydrogens is 306 g/mol. The number of hydrogen-bond donors (Lipinski definition) is 1. The van der Waals surface area contributed by atoms with E-state index < -0.39 is 6.10 Å². The molecule has 1 N–H and O–H groups in total. The Kier molecular flexibility index (Phi) is 5.01. The van der Waals surface area contributed by atoms with E-state index in [2.05, 4.69) is 40.7 Å². The molecule has 1 aromatic rings. The summed E-state index contributed by atoms with van der Waals surface area (Å²) in [5.41, 5.74) is 0.912. The Morgan fingerprint density at radius 3 is 2.58 bits per heavy atom. The van der Waals surface area contributed by atoms with Gasteiger partial charge in [0.25, 0.3) is 0 Å². The van der Waals surface area contributed by atoms with Gasteiger partial charge in [0.2, 0.25) is 0 Å². The molecule has 1 atom stereocenters. The molecule has 1 aliphatic rings. The minimum atomic E-state index is -0.399. The van der Waals surface area contributed by atoms with Crippen molar-refractivity contribution in [2.24, 2.45) is 0 Å². The van der Waals surface area contributed by atoms with Crippen molar-refractivity contribution in [2.75, 3.05) is 26.3 Å². The monoisotopic (exact) mass is 327 g/mol. The second kappa shape index (κ2) is 6.35. The molecule has 106 valence electrons. The fraction of sp³-hybridized carbons (Fsp3) is 0.600. The van der Waals surface area contributed by atoms with E-state index in [0.717, 1.165) is 36.3 Å². The fourth-order valence-corrected chi connectivity index (χ4v) is 2.92. The van der Waals surface area contributed by atoms with Crippen LogP contribution in [0.25, 0.3) is 0 Å². The van der Waals surface area contributed by atoms with Crippen LogP contribution in [0.3, 0.4) is 0 Å². The lowest BCUT2D eigenvalue weighted by atomic mass is 9.89. The molecule has 0 bridgehead atoms. The maximum Gasteiger partial charge on any atom is 0.0759 e. The van der Waals surface area contributed by atoms with Crippen LogP contribution < -0.4 is 0 Å². The number of halogens is 1. The Labute approximate surface area is 123 Å². The van der Waals surface area contributed by atoms with E-state index in [9.17, 15) is 5.11 Å². The predicted molar refractivity (Wildman–Crippen MR) is 80.3 cm³/mol. The summed E-state index contributed by atoms with van der Waals surface area (Å²) in [4.78, 5) is 2.32. The van der Waals surface area contributed by atoms with Gasteiger partial charge in [-0.25, -0.2) is 0 Å². The first-order valence-corrected chi connectivity index (χ1v) is 7.55. The van der Waals surface area contributed by atoms with Crippen LogP contribution in [0.2, 0.25) is 0 Å². The Bertz CT molecular complexity index is 416. The molecule has 1 heterocycles. The molecule has 1 unspecified atom stereocenters. The van der Waals surface area contributed by atoms with E-state index in [0.29, 0.717) is 6.42 Å². The number of morpholine rings is 1. The number of rotatable bonds is 4. The number of aliphatic hydroxyl groups excluding tert-OH is 1. The predicted octanol–water partition coefficient (Wildman–Crippen LogP) is 2.46. The molecule has 1 aliphatic heterocycles. The Morgan fingerprint density at radius 1 is 1.32 bits per heavy atom. The topological polar surface area (TPSA) is 32.7 Å². The first-order chi connectivity index (χ1) is 9.01. The van der Waals surface area contributed by atoms with E-state index in [1.165, 1.54) is 0 Å². The molecular formula is C15H22BrNO2. The number of ether oxygens (including phenoxy) is 1. The minimum Gasteiger partial charge on any atom is -0.391 e. The lowest BCUT2D eigenvalue weighted by molar-refractivity contribution is -0.0612. The molecule has 1 fully saturated rings. The molecule has 2 rings (SSSR count). The van der Waals surface area contributed by atoms with Gasteiger partial charge in [-0.1, -0.05) is 34.1 Å². The molecule has 1 aromatic carbocycles. The van der Waals surface area contributed by atoms with Crippen molar-refractivity contribution in [1.82, 2.24) is 4.90 Å². The van der Waals surface area contributed by atoms with Gasteiger partial charge in [-0.3, -0.25) is 4.90 Å². The van der Waals surface area contributed by atoms with Crippen molar-refractivity contribution in [3.8, 4) is 0 Å². The van der Waals surface area contributed by atoms with Gasteiger partial charge in [-0.2, -0.15) is 0 Å². The number of hydrogen-bond acceptors (Lipinski definition) is 3. The molecule has 0 amide bonds. The number of nitrogens with zero attached hydrogens (tertiary/aromatic N) is 1. The third-order valence-corrected chi connectivity index (χ3v) is 4.79. The van der Waals surface area contributed by atoms with Gasteiger partial charge in [0.1, 0.15) is 0 Å². The Morgan fingerprint density at radius 2 is 1.95 bits per heavy atom. The van der Waals surface area contributed by atoms with Gasteiger partial charge >= 0.3 is 0 Å². The molecule has 0 aliphatic carbocycles. The molecule has 0 radical (unpaired) electrons. The van der Waals surface area contributed by atoms with Crippen LogP contribution in [-0.2, 0) is 11.2 Å². The van der Waals surface area contributed by atoms with Crippen LogP contribution in [0.4, 0.5) is 0 Å². The largest absolute Gasteiger partial charge is 0.391 e. The van der Waals surface area contributed by atoms with Crippen LogP contribution >= 0.6 is 15.9 Å². The SMILES string of the molecule is CC(C)(C(O)Cc1ccccc1Br)N1CCOCC1. The van der Waals surface area contributed by atoms with Gasteiger partial charge in [0.05, 0.1) is 19.3 Å². The van der Waals surface area contributed by atoms with Crippen molar-refractivity contribution in [3.63, 3.8) is 0 Å². The van der Waals surface area contributed by atoms with E-state index in [1.54, 1.807) is 0 Å². The summed E-state index contributed by atoms with van der Waals surface area (Å²) in [6.07, 6.45) is 0.260. The maximum atomic E-state index is 10.6. The van der Waals surface area contributed by atoms with Crippen molar-refractivity contribution in [1.29, 1.82) is 0 Å². The second-order valence-electron chi connectivity index (χ2n) is 5.56. The lowest BCUT2D eigenvalue weighted by Crippen LogP contribution is -2.56. The van der Waals surface area contributed by atoms with Crippen molar-refractivity contribution in [3.05, 3.63) is 34.3 Å². The highest BCUT2D eigenvalue weighted by Gasteiger charge is 2.35. The van der Waals surface area contributed by atoms with Crippen molar-refractivity contribution in [2.45, 2.75) is 31.9 Å². The zero-order valence-corrected chi connectivity index (χ0v) is 13.2. The summed E-state index contributed by atoms with van der Waals surface area (Å²) in [5.74, 6) is 0. The summed E-state index contributed by atoms with van der Waals surface area (Å²) in [5, 5.41) is 10.6. The second-order valence-corrected chi connectivity index (χ2v) is 6.42. The van der Waals surface area contributed by atoms with Gasteiger partial charge in [-0.15, -0.1) is 0 Å². The van der Waals surface area contributed by atoms with Gasteiger partial charge < -0.3 is 9.84 Å². The molecule has 0 saturated carbocycles. The molecule has 0 spiro atoms. The Balaban J connectivity index is 2.05. The zero-order valence-electron chi connectivity index (χ0n) is 11.6. The smallest absolute Gasteiger partial charge is 0.0759 e. The van der Waals surface area contributed by atoms with Crippen molar-refractivity contribution >= 4 is 15.9 Å². The molecule has 4 heteroatoms. The van der Waals surface area contributed by atoms with Crippen LogP contribution in [0, 0.1) is 0 Å². The first-order valence-electron chi connectivity index (χ1n) is 6.76. The molecule has 0 aromatic heterocycles. The highest BCUT2D eigenvalue weighted by atomic mass is 79.9. The highest BCUT2D eigenvalue weighted by molar-refractivity contribution is 9.10. The lowest BCUT2D eigenvalue weighted by Gasteiger charge is -2.43.